The summed E-state index contributed by atoms with van der Waals surface area (Å²) in [5.74, 6) is -0.579. The lowest BCUT2D eigenvalue weighted by Gasteiger charge is -2.10. The summed E-state index contributed by atoms with van der Waals surface area (Å²) in [6.45, 7) is 0. The van der Waals surface area contributed by atoms with Crippen LogP contribution in [0.3, 0.4) is 0 Å². The number of anilines is 1. The van der Waals surface area contributed by atoms with Crippen LogP contribution in [0.15, 0.2) is 42.6 Å². The molecule has 6 heteroatoms. The largest absolute Gasteiger partial charge is 0.504 e. The molecule has 0 spiro atoms. The van der Waals surface area contributed by atoms with Crippen molar-refractivity contribution in [2.45, 2.75) is 0 Å². The molecule has 3 aromatic rings. The Balaban J connectivity index is 1.99. The van der Waals surface area contributed by atoms with E-state index in [9.17, 15) is 9.90 Å². The van der Waals surface area contributed by atoms with Gasteiger partial charge in [-0.1, -0.05) is 35.3 Å². The lowest BCUT2D eigenvalue weighted by Crippen LogP contribution is -2.12. The molecule has 1 amide bonds. The summed E-state index contributed by atoms with van der Waals surface area (Å²) in [5, 5.41) is 13.8. The van der Waals surface area contributed by atoms with Crippen LogP contribution in [0.5, 0.6) is 5.75 Å². The number of phenols is 1. The van der Waals surface area contributed by atoms with E-state index in [0.29, 0.717) is 10.6 Å². The molecule has 0 saturated carbocycles. The highest BCUT2D eigenvalue weighted by Gasteiger charge is 2.14. The van der Waals surface area contributed by atoms with Crippen LogP contribution in [-0.2, 0) is 0 Å². The van der Waals surface area contributed by atoms with Crippen LogP contribution in [-0.4, -0.2) is 16.0 Å². The van der Waals surface area contributed by atoms with Crippen molar-refractivity contribution in [1.29, 1.82) is 0 Å². The standard InChI is InChI=1S/C15H10Cl2N2O2/c16-9-6-11(17)14(20)12(7-9)19-15(21)10-3-1-2-8-4-5-18-13(8)10/h1-7,18,20H,(H,19,21). The molecule has 2 aromatic carbocycles. The fraction of sp³-hybridized carbons (Fsp3) is 0. The van der Waals surface area contributed by atoms with Crippen LogP contribution < -0.4 is 5.32 Å². The fourth-order valence-electron chi connectivity index (χ4n) is 2.13. The minimum absolute atomic E-state index is 0.0795. The van der Waals surface area contributed by atoms with Gasteiger partial charge in [-0.3, -0.25) is 4.79 Å². The fourth-order valence-corrected chi connectivity index (χ4v) is 2.62. The number of aromatic amines is 1. The Hall–Kier alpha value is -2.17. The van der Waals surface area contributed by atoms with Gasteiger partial charge in [-0.15, -0.1) is 0 Å². The number of fused-ring (bicyclic) bond motifs is 1. The maximum Gasteiger partial charge on any atom is 0.257 e. The smallest absolute Gasteiger partial charge is 0.257 e. The molecule has 0 fully saturated rings. The molecule has 1 heterocycles. The zero-order chi connectivity index (χ0) is 15.0. The number of para-hydroxylation sites is 1. The maximum absolute atomic E-state index is 12.4. The first-order chi connectivity index (χ1) is 10.1. The van der Waals surface area contributed by atoms with Crippen molar-refractivity contribution < 1.29 is 9.90 Å². The van der Waals surface area contributed by atoms with Gasteiger partial charge in [0.1, 0.15) is 0 Å². The number of H-pyrrole nitrogens is 1. The SMILES string of the molecule is O=C(Nc1cc(Cl)cc(Cl)c1O)c1cccc2cc[nH]c12. The van der Waals surface area contributed by atoms with Crippen LogP contribution >= 0.6 is 23.2 Å². The number of aromatic nitrogens is 1. The van der Waals surface area contributed by atoms with E-state index < -0.39 is 0 Å². The summed E-state index contributed by atoms with van der Waals surface area (Å²) in [4.78, 5) is 15.4. The van der Waals surface area contributed by atoms with Gasteiger partial charge in [0.15, 0.2) is 5.75 Å². The molecule has 0 unspecified atom stereocenters. The summed E-state index contributed by atoms with van der Waals surface area (Å²) in [5.41, 5.74) is 1.36. The number of nitrogens with one attached hydrogen (secondary N) is 2. The van der Waals surface area contributed by atoms with Gasteiger partial charge in [0.25, 0.3) is 5.91 Å². The molecule has 0 aliphatic carbocycles. The third-order valence-electron chi connectivity index (χ3n) is 3.11. The van der Waals surface area contributed by atoms with Crippen molar-refractivity contribution in [2.24, 2.45) is 0 Å². The quantitative estimate of drug-likeness (QED) is 0.611. The first kappa shape index (κ1) is 13.8. The molecular weight excluding hydrogens is 311 g/mol. The number of halogens is 2. The number of hydrogen-bond acceptors (Lipinski definition) is 2. The van der Waals surface area contributed by atoms with E-state index in [2.05, 4.69) is 10.3 Å². The van der Waals surface area contributed by atoms with E-state index in [1.165, 1.54) is 12.1 Å². The molecule has 3 rings (SSSR count). The Kier molecular flexibility index (Phi) is 3.49. The number of carbonyl (C=O) groups excluding carboxylic acids is 1. The van der Waals surface area contributed by atoms with E-state index in [4.69, 9.17) is 23.2 Å². The molecule has 0 atom stereocenters. The Morgan fingerprint density at radius 1 is 1.19 bits per heavy atom. The van der Waals surface area contributed by atoms with Crippen molar-refractivity contribution in [3.63, 3.8) is 0 Å². The van der Waals surface area contributed by atoms with Crippen LogP contribution in [0.2, 0.25) is 10.0 Å². The first-order valence-corrected chi connectivity index (χ1v) is 6.87. The number of phenolic OH excluding ortho intramolecular Hbond substituents is 1. The number of hydrogen-bond donors (Lipinski definition) is 3. The Morgan fingerprint density at radius 3 is 2.81 bits per heavy atom. The van der Waals surface area contributed by atoms with E-state index in [-0.39, 0.29) is 22.4 Å². The molecule has 0 aliphatic heterocycles. The highest BCUT2D eigenvalue weighted by molar-refractivity contribution is 6.36. The molecule has 0 bridgehead atoms. The van der Waals surface area contributed by atoms with E-state index in [1.54, 1.807) is 18.3 Å². The van der Waals surface area contributed by atoms with Crippen LogP contribution in [0.1, 0.15) is 10.4 Å². The highest BCUT2D eigenvalue weighted by atomic mass is 35.5. The van der Waals surface area contributed by atoms with Crippen molar-refractivity contribution >= 4 is 45.7 Å². The monoisotopic (exact) mass is 320 g/mol. The highest BCUT2D eigenvalue weighted by Crippen LogP contribution is 2.35. The molecule has 4 nitrogen and oxygen atoms in total. The Bertz CT molecular complexity index is 843. The van der Waals surface area contributed by atoms with Crippen LogP contribution in [0, 0.1) is 0 Å². The van der Waals surface area contributed by atoms with Gasteiger partial charge in [-0.05, 0) is 24.3 Å². The van der Waals surface area contributed by atoms with Gasteiger partial charge in [0, 0.05) is 16.6 Å². The number of carbonyl (C=O) groups is 1. The van der Waals surface area contributed by atoms with Crippen LogP contribution in [0.4, 0.5) is 5.69 Å². The average molecular weight is 321 g/mol. The molecular formula is C15H10Cl2N2O2. The summed E-state index contributed by atoms with van der Waals surface area (Å²) >= 11 is 11.7. The second-order valence-corrected chi connectivity index (χ2v) is 5.33. The number of amides is 1. The second-order valence-electron chi connectivity index (χ2n) is 4.49. The summed E-state index contributed by atoms with van der Waals surface area (Å²) < 4.78 is 0. The van der Waals surface area contributed by atoms with Crippen molar-refractivity contribution in [2.75, 3.05) is 5.32 Å². The molecule has 1 aromatic heterocycles. The lowest BCUT2D eigenvalue weighted by molar-refractivity contribution is 0.102. The molecule has 3 N–H and O–H groups in total. The third kappa shape index (κ3) is 2.55. The first-order valence-electron chi connectivity index (χ1n) is 6.12. The normalized spacial score (nSPS) is 10.8. The van der Waals surface area contributed by atoms with Gasteiger partial charge < -0.3 is 15.4 Å². The Labute approximate surface area is 130 Å². The minimum atomic E-state index is -0.364. The van der Waals surface area contributed by atoms with Gasteiger partial charge in [0.2, 0.25) is 0 Å². The van der Waals surface area contributed by atoms with Gasteiger partial charge in [-0.2, -0.15) is 0 Å². The van der Waals surface area contributed by atoms with Gasteiger partial charge in [0.05, 0.1) is 21.8 Å². The summed E-state index contributed by atoms with van der Waals surface area (Å²) in [6.07, 6.45) is 1.76. The lowest BCUT2D eigenvalue weighted by atomic mass is 10.1. The molecule has 21 heavy (non-hydrogen) atoms. The number of benzene rings is 2. The predicted octanol–water partition coefficient (Wildman–Crippen LogP) is 4.43. The minimum Gasteiger partial charge on any atom is -0.504 e. The molecule has 0 saturated heterocycles. The van der Waals surface area contributed by atoms with Gasteiger partial charge >= 0.3 is 0 Å². The van der Waals surface area contributed by atoms with E-state index in [0.717, 1.165) is 10.9 Å². The number of aromatic hydroxyl groups is 1. The predicted molar refractivity (Wildman–Crippen MR) is 84.4 cm³/mol. The second kappa shape index (κ2) is 5.31. The van der Waals surface area contributed by atoms with Gasteiger partial charge in [-0.25, -0.2) is 0 Å². The number of rotatable bonds is 2. The molecule has 0 aliphatic rings. The summed E-state index contributed by atoms with van der Waals surface area (Å²) in [7, 11) is 0. The third-order valence-corrected chi connectivity index (χ3v) is 3.61. The average Bonchev–Trinajstić information content (AvgIpc) is 2.92. The maximum atomic E-state index is 12.4. The van der Waals surface area contributed by atoms with E-state index >= 15 is 0 Å². The summed E-state index contributed by atoms with van der Waals surface area (Å²) in [6, 6.07) is 10.1. The zero-order valence-electron chi connectivity index (χ0n) is 10.7. The van der Waals surface area contributed by atoms with Crippen molar-refractivity contribution in [1.82, 2.24) is 4.98 Å². The van der Waals surface area contributed by atoms with Crippen molar-refractivity contribution in [3.8, 4) is 5.75 Å². The Morgan fingerprint density at radius 2 is 2.00 bits per heavy atom. The molecule has 106 valence electrons. The van der Waals surface area contributed by atoms with E-state index in [1.807, 2.05) is 12.1 Å². The zero-order valence-corrected chi connectivity index (χ0v) is 12.2. The van der Waals surface area contributed by atoms with Crippen molar-refractivity contribution in [3.05, 3.63) is 58.2 Å². The van der Waals surface area contributed by atoms with Crippen LogP contribution in [0.25, 0.3) is 10.9 Å². The molecule has 0 radical (unpaired) electrons. The topological polar surface area (TPSA) is 65.1 Å².